The Morgan fingerprint density at radius 3 is 2.24 bits per heavy atom. The Morgan fingerprint density at radius 2 is 1.65 bits per heavy atom. The van der Waals surface area contributed by atoms with Crippen molar-refractivity contribution in [2.24, 2.45) is 11.7 Å². The molecule has 6 nitrogen and oxygen atoms in total. The minimum atomic E-state index is 0.0607. The average Bonchev–Trinajstić information content (AvgIpc) is 3.70. The molecule has 5 rings (SSSR count). The number of rotatable bonds is 6. The molecule has 0 spiro atoms. The first-order valence-electron chi connectivity index (χ1n) is 12.0. The maximum Gasteiger partial charge on any atom is 0.274 e. The van der Waals surface area contributed by atoms with Crippen LogP contribution in [-0.4, -0.2) is 30.8 Å². The van der Waals surface area contributed by atoms with E-state index in [-0.39, 0.29) is 11.6 Å². The van der Waals surface area contributed by atoms with Gasteiger partial charge in [0.25, 0.3) is 5.56 Å². The summed E-state index contributed by atoms with van der Waals surface area (Å²) in [6.45, 7) is 2.29. The molecule has 0 bridgehead atoms. The first kappa shape index (κ1) is 22.2. The number of anilines is 1. The molecule has 3 aromatic rings. The van der Waals surface area contributed by atoms with Gasteiger partial charge in [0, 0.05) is 31.2 Å². The van der Waals surface area contributed by atoms with Gasteiger partial charge in [-0.3, -0.25) is 4.79 Å². The Hall–Kier alpha value is -3.56. The van der Waals surface area contributed by atoms with Gasteiger partial charge in [-0.1, -0.05) is 12.1 Å². The van der Waals surface area contributed by atoms with Gasteiger partial charge in [-0.25, -0.2) is 0 Å². The van der Waals surface area contributed by atoms with Crippen molar-refractivity contribution in [3.8, 4) is 34.2 Å². The van der Waals surface area contributed by atoms with Crippen molar-refractivity contribution < 1.29 is 4.74 Å². The van der Waals surface area contributed by atoms with E-state index in [0.29, 0.717) is 18.0 Å². The van der Waals surface area contributed by atoms with E-state index in [4.69, 9.17) is 10.5 Å². The summed E-state index contributed by atoms with van der Waals surface area (Å²) in [5.41, 5.74) is 11.4. The van der Waals surface area contributed by atoms with Crippen LogP contribution in [0.15, 0.2) is 59.4 Å². The topological polar surface area (TPSA) is 84.3 Å². The van der Waals surface area contributed by atoms with Crippen molar-refractivity contribution in [1.82, 2.24) is 4.57 Å². The quantitative estimate of drug-likeness (QED) is 0.597. The highest BCUT2D eigenvalue weighted by Gasteiger charge is 2.28. The minimum absolute atomic E-state index is 0.0607. The van der Waals surface area contributed by atoms with Crippen LogP contribution in [0.25, 0.3) is 22.4 Å². The molecule has 1 aliphatic heterocycles. The summed E-state index contributed by atoms with van der Waals surface area (Å²) in [5.74, 6) is 1.31. The molecule has 0 amide bonds. The van der Waals surface area contributed by atoms with Crippen LogP contribution in [0.1, 0.15) is 31.2 Å². The van der Waals surface area contributed by atoms with Crippen molar-refractivity contribution in [2.45, 2.75) is 38.3 Å². The largest absolute Gasteiger partial charge is 0.497 e. The molecule has 2 heterocycles. The third-order valence-electron chi connectivity index (χ3n) is 6.98. The van der Waals surface area contributed by atoms with E-state index >= 15 is 0 Å². The molecule has 1 saturated carbocycles. The lowest BCUT2D eigenvalue weighted by atomic mass is 9.96. The summed E-state index contributed by atoms with van der Waals surface area (Å²) < 4.78 is 7.35. The predicted molar refractivity (Wildman–Crippen MR) is 135 cm³/mol. The standard InChI is InChI=1S/C28H30N4O2/c1-34-24-10-8-22(9-11-24)27-25(21-6-4-19(17-29)5-7-21)16-26(31-14-12-23(30)13-15-31)28(33)32(27)18-20-2-3-20/h4-11,16,20,23H,2-3,12-15,18,30H2,1H3. The molecule has 1 aromatic heterocycles. The van der Waals surface area contributed by atoms with Gasteiger partial charge in [0.15, 0.2) is 0 Å². The molecule has 0 atom stereocenters. The summed E-state index contributed by atoms with van der Waals surface area (Å²) in [4.78, 5) is 16.1. The molecule has 1 aliphatic carbocycles. The van der Waals surface area contributed by atoms with Crippen LogP contribution in [-0.2, 0) is 6.54 Å². The van der Waals surface area contributed by atoms with Gasteiger partial charge >= 0.3 is 0 Å². The van der Waals surface area contributed by atoms with Crippen LogP contribution in [0.4, 0.5) is 5.69 Å². The smallest absolute Gasteiger partial charge is 0.274 e. The Bertz CT molecular complexity index is 1260. The zero-order valence-electron chi connectivity index (χ0n) is 19.5. The summed E-state index contributed by atoms with van der Waals surface area (Å²) in [6.07, 6.45) is 4.08. The van der Waals surface area contributed by atoms with E-state index in [1.807, 2.05) is 59.2 Å². The van der Waals surface area contributed by atoms with Crippen LogP contribution >= 0.6 is 0 Å². The molecule has 2 aliphatic rings. The van der Waals surface area contributed by atoms with Gasteiger partial charge < -0.3 is 19.9 Å². The fourth-order valence-electron chi connectivity index (χ4n) is 4.76. The summed E-state index contributed by atoms with van der Waals surface area (Å²) in [5, 5.41) is 9.28. The second-order valence-electron chi connectivity index (χ2n) is 9.39. The van der Waals surface area contributed by atoms with Gasteiger partial charge in [-0.15, -0.1) is 0 Å². The molecule has 2 aromatic carbocycles. The molecular formula is C28H30N4O2. The number of nitrogens with two attached hydrogens (primary N) is 1. The van der Waals surface area contributed by atoms with Gasteiger partial charge in [-0.2, -0.15) is 5.26 Å². The molecule has 6 heteroatoms. The lowest BCUT2D eigenvalue weighted by Crippen LogP contribution is -2.42. The van der Waals surface area contributed by atoms with Gasteiger partial charge in [0.05, 0.1) is 24.4 Å². The maximum atomic E-state index is 13.9. The van der Waals surface area contributed by atoms with Crippen LogP contribution < -0.4 is 20.9 Å². The normalized spacial score (nSPS) is 16.3. The molecular weight excluding hydrogens is 424 g/mol. The SMILES string of the molecule is COc1ccc(-c2c(-c3ccc(C#N)cc3)cc(N3CCC(N)CC3)c(=O)n2CC2CC2)cc1. The molecule has 0 unspecified atom stereocenters. The number of aromatic nitrogens is 1. The van der Waals surface area contributed by atoms with Gasteiger partial charge in [-0.05, 0) is 85.2 Å². The van der Waals surface area contributed by atoms with E-state index in [2.05, 4.69) is 11.0 Å². The Balaban J connectivity index is 1.73. The molecule has 2 N–H and O–H groups in total. The molecule has 34 heavy (non-hydrogen) atoms. The maximum absolute atomic E-state index is 13.9. The third-order valence-corrected chi connectivity index (χ3v) is 6.98. The number of hydrogen-bond donors (Lipinski definition) is 1. The number of piperidine rings is 1. The lowest BCUT2D eigenvalue weighted by Gasteiger charge is -2.33. The molecule has 1 saturated heterocycles. The summed E-state index contributed by atoms with van der Waals surface area (Å²) in [6, 6.07) is 20.0. The number of nitriles is 1. The number of methoxy groups -OCH3 is 1. The first-order valence-corrected chi connectivity index (χ1v) is 12.0. The van der Waals surface area contributed by atoms with E-state index in [1.54, 1.807) is 7.11 Å². The van der Waals surface area contributed by atoms with Crippen molar-refractivity contribution in [3.63, 3.8) is 0 Å². The van der Waals surface area contributed by atoms with E-state index in [0.717, 1.165) is 72.6 Å². The zero-order valence-corrected chi connectivity index (χ0v) is 19.5. The van der Waals surface area contributed by atoms with Crippen molar-refractivity contribution in [1.29, 1.82) is 5.26 Å². The molecule has 174 valence electrons. The van der Waals surface area contributed by atoms with Crippen LogP contribution in [0.3, 0.4) is 0 Å². The van der Waals surface area contributed by atoms with Crippen LogP contribution in [0, 0.1) is 17.2 Å². The van der Waals surface area contributed by atoms with Crippen molar-refractivity contribution in [3.05, 3.63) is 70.5 Å². The fourth-order valence-corrected chi connectivity index (χ4v) is 4.76. The first-order chi connectivity index (χ1) is 16.6. The van der Waals surface area contributed by atoms with Crippen LogP contribution in [0.2, 0.25) is 0 Å². The molecule has 0 radical (unpaired) electrons. The average molecular weight is 455 g/mol. The van der Waals surface area contributed by atoms with Crippen molar-refractivity contribution in [2.75, 3.05) is 25.1 Å². The lowest BCUT2D eigenvalue weighted by molar-refractivity contribution is 0.415. The highest BCUT2D eigenvalue weighted by Crippen LogP contribution is 2.38. The van der Waals surface area contributed by atoms with E-state index in [9.17, 15) is 10.1 Å². The monoisotopic (exact) mass is 454 g/mol. The second kappa shape index (κ2) is 9.36. The van der Waals surface area contributed by atoms with Crippen molar-refractivity contribution >= 4 is 5.69 Å². The Kier molecular flexibility index (Phi) is 6.12. The summed E-state index contributed by atoms with van der Waals surface area (Å²) in [7, 11) is 1.65. The number of nitrogens with zero attached hydrogens (tertiary/aromatic N) is 3. The predicted octanol–water partition coefficient (Wildman–Crippen LogP) is 4.40. The summed E-state index contributed by atoms with van der Waals surface area (Å²) >= 11 is 0. The minimum Gasteiger partial charge on any atom is -0.497 e. The van der Waals surface area contributed by atoms with E-state index in [1.165, 1.54) is 0 Å². The number of pyridine rings is 1. The Morgan fingerprint density at radius 1 is 1.00 bits per heavy atom. The fraction of sp³-hybridized carbons (Fsp3) is 0.357. The highest BCUT2D eigenvalue weighted by atomic mass is 16.5. The van der Waals surface area contributed by atoms with E-state index < -0.39 is 0 Å². The number of hydrogen-bond acceptors (Lipinski definition) is 5. The molecule has 2 fully saturated rings. The second-order valence-corrected chi connectivity index (χ2v) is 9.39. The highest BCUT2D eigenvalue weighted by molar-refractivity contribution is 5.84. The zero-order chi connectivity index (χ0) is 23.7. The van der Waals surface area contributed by atoms with Crippen LogP contribution in [0.5, 0.6) is 5.75 Å². The van der Waals surface area contributed by atoms with Gasteiger partial charge in [0.1, 0.15) is 11.4 Å². The number of ether oxygens (including phenoxy) is 1. The van der Waals surface area contributed by atoms with Gasteiger partial charge in [0.2, 0.25) is 0 Å². The third kappa shape index (κ3) is 4.44. The Labute approximate surface area is 200 Å². The number of benzene rings is 2.